The third-order valence-corrected chi connectivity index (χ3v) is 10.0. The van der Waals surface area contributed by atoms with Crippen LogP contribution >= 0.6 is 0 Å². The first-order chi connectivity index (χ1) is 14.7. The molecule has 0 amide bonds. The Kier molecular flexibility index (Phi) is 5.73. The van der Waals surface area contributed by atoms with Crippen LogP contribution in [0.5, 0.6) is 0 Å². The molecule has 5 nitrogen and oxygen atoms in total. The van der Waals surface area contributed by atoms with Crippen molar-refractivity contribution < 1.29 is 24.5 Å². The van der Waals surface area contributed by atoms with Gasteiger partial charge in [0.15, 0.2) is 5.78 Å². The normalized spacial score (nSPS) is 48.3. The maximum absolute atomic E-state index is 12.4. The maximum Gasteiger partial charge on any atom is 0.302 e. The lowest BCUT2D eigenvalue weighted by Crippen LogP contribution is -2.65. The average molecular weight is 447 g/mol. The van der Waals surface area contributed by atoms with Crippen LogP contribution in [0.1, 0.15) is 92.9 Å². The van der Waals surface area contributed by atoms with Crippen molar-refractivity contribution in [2.75, 3.05) is 0 Å². The van der Waals surface area contributed by atoms with Gasteiger partial charge in [-0.2, -0.15) is 0 Å². The van der Waals surface area contributed by atoms with Crippen LogP contribution in [-0.4, -0.2) is 39.8 Å². The van der Waals surface area contributed by atoms with Crippen LogP contribution in [0, 0.1) is 34.0 Å². The van der Waals surface area contributed by atoms with Crippen molar-refractivity contribution in [2.24, 2.45) is 34.0 Å². The Morgan fingerprint density at radius 3 is 2.50 bits per heavy atom. The number of Topliss-reactive ketones (excluding diaryl/α,β-unsaturated/α-hetero) is 1. The van der Waals surface area contributed by atoms with E-state index in [1.54, 1.807) is 13.0 Å². The van der Waals surface area contributed by atoms with Crippen LogP contribution < -0.4 is 0 Å². The third-order valence-electron chi connectivity index (χ3n) is 10.0. The summed E-state index contributed by atoms with van der Waals surface area (Å²) in [5.74, 6) is 0.0194. The van der Waals surface area contributed by atoms with Gasteiger partial charge in [0.2, 0.25) is 0 Å². The third kappa shape index (κ3) is 3.68. The Morgan fingerprint density at radius 1 is 1.16 bits per heavy atom. The number of hydrogen-bond donors (Lipinski definition) is 2. The molecule has 2 N–H and O–H groups in total. The number of aliphatic hydroxyl groups is 2. The Labute approximate surface area is 193 Å². The quantitative estimate of drug-likeness (QED) is 0.606. The molecular weight excluding hydrogens is 404 g/mol. The molecule has 0 aromatic carbocycles. The lowest BCUT2D eigenvalue weighted by atomic mass is 9.39. The molecule has 0 radical (unpaired) electrons. The summed E-state index contributed by atoms with van der Waals surface area (Å²) in [6.45, 7) is 12.5. The molecule has 0 spiro atoms. The van der Waals surface area contributed by atoms with Gasteiger partial charge in [-0.1, -0.05) is 34.1 Å². The summed E-state index contributed by atoms with van der Waals surface area (Å²) in [7, 11) is 0. The average Bonchev–Trinajstić information content (AvgIpc) is 2.62. The van der Waals surface area contributed by atoms with Crippen LogP contribution in [0.4, 0.5) is 0 Å². The Balaban J connectivity index is 1.70. The maximum atomic E-state index is 12.4. The Bertz CT molecular complexity index is 830. The van der Waals surface area contributed by atoms with Gasteiger partial charge in [-0.3, -0.25) is 9.59 Å². The molecule has 32 heavy (non-hydrogen) atoms. The van der Waals surface area contributed by atoms with Crippen molar-refractivity contribution in [3.8, 4) is 0 Å². The number of ketones is 1. The molecule has 0 aromatic heterocycles. The van der Waals surface area contributed by atoms with Crippen molar-refractivity contribution >= 4 is 11.8 Å². The van der Waals surface area contributed by atoms with Crippen molar-refractivity contribution in [2.45, 2.75) is 111 Å². The minimum atomic E-state index is -1.09. The zero-order valence-electron chi connectivity index (χ0n) is 20.7. The number of hydrogen-bond acceptors (Lipinski definition) is 5. The minimum absolute atomic E-state index is 0.0171. The van der Waals surface area contributed by atoms with Crippen LogP contribution in [0.15, 0.2) is 11.6 Å². The van der Waals surface area contributed by atoms with Gasteiger partial charge in [0, 0.05) is 25.2 Å². The lowest BCUT2D eigenvalue weighted by molar-refractivity contribution is -0.236. The highest BCUT2D eigenvalue weighted by atomic mass is 16.5. The van der Waals surface area contributed by atoms with Crippen molar-refractivity contribution in [1.82, 2.24) is 0 Å². The van der Waals surface area contributed by atoms with E-state index in [9.17, 15) is 19.8 Å². The summed E-state index contributed by atoms with van der Waals surface area (Å²) in [4.78, 5) is 24.5. The zero-order chi connectivity index (χ0) is 23.7. The molecule has 3 saturated carbocycles. The highest BCUT2D eigenvalue weighted by Crippen LogP contribution is 2.69. The molecule has 4 aliphatic rings. The molecule has 3 fully saturated rings. The molecule has 5 heteroatoms. The number of fused-ring (bicyclic) bond motifs is 3. The zero-order valence-corrected chi connectivity index (χ0v) is 20.7. The Hall–Kier alpha value is -1.20. The number of carbonyl (C=O) groups excluding carboxylic acids is 2. The van der Waals surface area contributed by atoms with E-state index >= 15 is 0 Å². The summed E-state index contributed by atoms with van der Waals surface area (Å²) in [5, 5.41) is 22.7. The van der Waals surface area contributed by atoms with Crippen molar-refractivity contribution in [3.63, 3.8) is 0 Å². The molecule has 4 rings (SSSR count). The summed E-state index contributed by atoms with van der Waals surface area (Å²) in [6, 6.07) is 0. The number of allylic oxidation sites excluding steroid dienone is 1. The van der Waals surface area contributed by atoms with E-state index in [0.717, 1.165) is 25.7 Å². The van der Waals surface area contributed by atoms with Gasteiger partial charge in [0.1, 0.15) is 6.10 Å². The van der Waals surface area contributed by atoms with Gasteiger partial charge in [-0.15, -0.1) is 0 Å². The van der Waals surface area contributed by atoms with Gasteiger partial charge < -0.3 is 14.9 Å². The van der Waals surface area contributed by atoms with Gasteiger partial charge in [0.05, 0.1) is 11.7 Å². The Morgan fingerprint density at radius 2 is 1.84 bits per heavy atom. The van der Waals surface area contributed by atoms with Gasteiger partial charge >= 0.3 is 5.97 Å². The van der Waals surface area contributed by atoms with Gasteiger partial charge in [-0.25, -0.2) is 0 Å². The molecule has 4 aliphatic carbocycles. The topological polar surface area (TPSA) is 83.8 Å². The van der Waals surface area contributed by atoms with E-state index in [-0.39, 0.29) is 40.5 Å². The van der Waals surface area contributed by atoms with Crippen LogP contribution in [0.2, 0.25) is 0 Å². The number of carbonyl (C=O) groups is 2. The molecule has 2 unspecified atom stereocenters. The molecule has 8 atom stereocenters. The number of aliphatic hydroxyl groups excluding tert-OH is 1. The number of esters is 1. The van der Waals surface area contributed by atoms with Crippen LogP contribution in [-0.2, 0) is 14.3 Å². The highest BCUT2D eigenvalue weighted by Gasteiger charge is 2.66. The molecule has 0 heterocycles. The second-order valence-corrected chi connectivity index (χ2v) is 12.8. The first-order valence-corrected chi connectivity index (χ1v) is 12.5. The van der Waals surface area contributed by atoms with Crippen molar-refractivity contribution in [3.05, 3.63) is 11.6 Å². The largest absolute Gasteiger partial charge is 0.462 e. The highest BCUT2D eigenvalue weighted by molar-refractivity contribution is 5.96. The monoisotopic (exact) mass is 446 g/mol. The molecule has 0 saturated heterocycles. The predicted octanol–water partition coefficient (Wildman–Crippen LogP) is 4.59. The number of ether oxygens (including phenoxy) is 1. The fourth-order valence-corrected chi connectivity index (χ4v) is 9.11. The standard InChI is InChI=1S/C27H42O5/c1-16-12-20(30)18(13-19(16)29)27(31)11-8-22-25(5,15-27)14-21(32-17(2)28)23-24(3,4)9-7-10-26(22,23)6/h12,18,20-23,30-31H,7-11,13-15H2,1-6H3/t18-,20?,21+,22-,23?,25-,26+,27+/m0/s1. The number of rotatable bonds is 2. The smallest absolute Gasteiger partial charge is 0.302 e. The molecule has 180 valence electrons. The first kappa shape index (κ1) is 23.9. The summed E-state index contributed by atoms with van der Waals surface area (Å²) >= 11 is 0. The van der Waals surface area contributed by atoms with Gasteiger partial charge in [0.25, 0.3) is 0 Å². The van der Waals surface area contributed by atoms with E-state index in [1.807, 2.05) is 0 Å². The SMILES string of the molecule is CC(=O)O[C@@H]1C[C@@]2(C)C[C@@](O)([C@H]3CC(=O)C(C)=CC3O)CC[C@@H]2[C@@]2(C)CCCC(C)(C)C12. The second-order valence-electron chi connectivity index (χ2n) is 12.8. The molecule has 0 bridgehead atoms. The molecule has 0 aromatic rings. The van der Waals surface area contributed by atoms with E-state index in [4.69, 9.17) is 4.74 Å². The fraction of sp³-hybridized carbons (Fsp3) is 0.852. The van der Waals surface area contributed by atoms with E-state index in [1.165, 1.54) is 13.3 Å². The van der Waals surface area contributed by atoms with E-state index < -0.39 is 17.6 Å². The van der Waals surface area contributed by atoms with Gasteiger partial charge in [-0.05, 0) is 79.3 Å². The summed E-state index contributed by atoms with van der Waals surface area (Å²) in [5.41, 5.74) is -0.592. The first-order valence-electron chi connectivity index (χ1n) is 12.5. The van der Waals surface area contributed by atoms with Crippen LogP contribution in [0.3, 0.4) is 0 Å². The summed E-state index contributed by atoms with van der Waals surface area (Å²) < 4.78 is 6.01. The van der Waals surface area contributed by atoms with Crippen LogP contribution in [0.25, 0.3) is 0 Å². The lowest BCUT2D eigenvalue weighted by Gasteiger charge is -2.67. The molecule has 0 aliphatic heterocycles. The summed E-state index contributed by atoms with van der Waals surface area (Å²) in [6.07, 6.45) is 7.02. The predicted molar refractivity (Wildman–Crippen MR) is 123 cm³/mol. The molecular formula is C27H42O5. The minimum Gasteiger partial charge on any atom is -0.462 e. The second kappa shape index (κ2) is 7.66. The fourth-order valence-electron chi connectivity index (χ4n) is 9.11. The van der Waals surface area contributed by atoms with E-state index in [2.05, 4.69) is 27.7 Å². The van der Waals surface area contributed by atoms with Crippen molar-refractivity contribution in [1.29, 1.82) is 0 Å². The van der Waals surface area contributed by atoms with E-state index in [0.29, 0.717) is 30.3 Å².